The first-order valence-electron chi connectivity index (χ1n) is 5.22. The molecule has 6 heteroatoms. The van der Waals surface area contributed by atoms with Crippen LogP contribution >= 0.6 is 11.6 Å². The minimum absolute atomic E-state index is 0.256. The van der Waals surface area contributed by atoms with Gasteiger partial charge < -0.3 is 16.8 Å². The Morgan fingerprint density at radius 2 is 2.17 bits per heavy atom. The lowest BCUT2D eigenvalue weighted by Crippen LogP contribution is -2.35. The zero-order chi connectivity index (χ0) is 13.7. The Kier molecular flexibility index (Phi) is 4.88. The van der Waals surface area contributed by atoms with E-state index in [4.69, 9.17) is 23.1 Å². The summed E-state index contributed by atoms with van der Waals surface area (Å²) in [4.78, 5) is 22.7. The van der Waals surface area contributed by atoms with Crippen molar-refractivity contribution in [3.05, 3.63) is 41.4 Å². The van der Waals surface area contributed by atoms with Gasteiger partial charge in [-0.1, -0.05) is 17.7 Å². The van der Waals surface area contributed by atoms with Crippen molar-refractivity contribution < 1.29 is 9.59 Å². The number of nitrogens with one attached hydrogen (secondary N) is 1. The third-order valence-electron chi connectivity index (χ3n) is 2.27. The molecule has 0 bridgehead atoms. The number of hydrogen-bond donors (Lipinski definition) is 3. The van der Waals surface area contributed by atoms with E-state index < -0.39 is 17.9 Å². The van der Waals surface area contributed by atoms with Gasteiger partial charge in [-0.05, 0) is 24.6 Å². The maximum absolute atomic E-state index is 11.7. The number of anilines is 1. The molecule has 2 amide bonds. The predicted octanol–water partition coefficient (Wildman–Crippen LogP) is 1.28. The molecule has 96 valence electrons. The average Bonchev–Trinajstić information content (AvgIpc) is 2.31. The molecule has 1 unspecified atom stereocenters. The molecule has 1 aromatic rings. The van der Waals surface area contributed by atoms with Gasteiger partial charge in [0.25, 0.3) is 0 Å². The van der Waals surface area contributed by atoms with Gasteiger partial charge in [-0.25, -0.2) is 0 Å². The number of halogens is 1. The molecule has 0 saturated heterocycles. The van der Waals surface area contributed by atoms with Crippen LogP contribution in [0.3, 0.4) is 0 Å². The number of rotatable bonds is 5. The second-order valence-corrected chi connectivity index (χ2v) is 4.09. The summed E-state index contributed by atoms with van der Waals surface area (Å²) in [6.45, 7) is 3.50. The average molecular weight is 268 g/mol. The lowest BCUT2D eigenvalue weighted by Gasteiger charge is -2.12. The van der Waals surface area contributed by atoms with E-state index in [-0.39, 0.29) is 5.56 Å². The Balaban J connectivity index is 2.89. The highest BCUT2D eigenvalue weighted by Gasteiger charge is 2.14. The van der Waals surface area contributed by atoms with Crippen LogP contribution in [0.15, 0.2) is 30.9 Å². The highest BCUT2D eigenvalue weighted by Crippen LogP contribution is 2.23. The first-order valence-corrected chi connectivity index (χ1v) is 5.60. The first-order chi connectivity index (χ1) is 8.45. The minimum Gasteiger partial charge on any atom is -0.366 e. The molecule has 0 heterocycles. The van der Waals surface area contributed by atoms with E-state index >= 15 is 0 Å². The third kappa shape index (κ3) is 3.58. The Hall–Kier alpha value is -1.85. The van der Waals surface area contributed by atoms with Gasteiger partial charge in [-0.3, -0.25) is 9.59 Å². The van der Waals surface area contributed by atoms with Crippen molar-refractivity contribution in [1.82, 2.24) is 0 Å². The Labute approximate surface area is 110 Å². The summed E-state index contributed by atoms with van der Waals surface area (Å²) in [5.74, 6) is -1.00. The lowest BCUT2D eigenvalue weighted by molar-refractivity contribution is -0.117. The molecule has 1 atom stereocenters. The van der Waals surface area contributed by atoms with Crippen LogP contribution < -0.4 is 16.8 Å². The summed E-state index contributed by atoms with van der Waals surface area (Å²) in [5, 5.41) is 2.84. The SMILES string of the molecule is C=CCC(N)C(=O)Nc1cc(C(N)=O)ccc1Cl. The topological polar surface area (TPSA) is 98.2 Å². The molecule has 1 aromatic carbocycles. The molecular formula is C12H14ClN3O2. The van der Waals surface area contributed by atoms with Gasteiger partial charge in [0.05, 0.1) is 16.8 Å². The molecule has 0 aliphatic rings. The number of carbonyl (C=O) groups is 2. The van der Waals surface area contributed by atoms with Crippen molar-refractivity contribution in [2.45, 2.75) is 12.5 Å². The van der Waals surface area contributed by atoms with Crippen molar-refractivity contribution >= 4 is 29.1 Å². The Morgan fingerprint density at radius 1 is 1.50 bits per heavy atom. The van der Waals surface area contributed by atoms with Gasteiger partial charge in [-0.15, -0.1) is 6.58 Å². The largest absolute Gasteiger partial charge is 0.366 e. The van der Waals surface area contributed by atoms with E-state index in [1.54, 1.807) is 6.08 Å². The highest BCUT2D eigenvalue weighted by molar-refractivity contribution is 6.34. The van der Waals surface area contributed by atoms with Crippen LogP contribution in [-0.2, 0) is 4.79 Å². The fraction of sp³-hybridized carbons (Fsp3) is 0.167. The number of amides is 2. The van der Waals surface area contributed by atoms with Gasteiger partial charge in [0.1, 0.15) is 0 Å². The van der Waals surface area contributed by atoms with Crippen LogP contribution in [0.1, 0.15) is 16.8 Å². The standard InChI is InChI=1S/C12H14ClN3O2/c1-2-3-9(14)12(18)16-10-6-7(11(15)17)4-5-8(10)13/h2,4-6,9H,1,3,14H2,(H2,15,17)(H,16,18). The van der Waals surface area contributed by atoms with Crippen LogP contribution in [0, 0.1) is 0 Å². The second-order valence-electron chi connectivity index (χ2n) is 3.68. The van der Waals surface area contributed by atoms with Crippen LogP contribution in [0.2, 0.25) is 5.02 Å². The molecule has 0 fully saturated rings. The first kappa shape index (κ1) is 14.2. The van der Waals surface area contributed by atoms with E-state index in [9.17, 15) is 9.59 Å². The lowest BCUT2D eigenvalue weighted by atomic mass is 10.1. The molecule has 0 saturated carbocycles. The number of benzene rings is 1. The fourth-order valence-electron chi connectivity index (χ4n) is 1.29. The molecule has 0 aromatic heterocycles. The maximum Gasteiger partial charge on any atom is 0.248 e. The normalized spacial score (nSPS) is 11.7. The summed E-state index contributed by atoms with van der Waals surface area (Å²) in [6, 6.07) is 3.65. The molecule has 1 rings (SSSR count). The zero-order valence-corrected chi connectivity index (χ0v) is 10.4. The van der Waals surface area contributed by atoms with Gasteiger partial charge in [0.15, 0.2) is 0 Å². The van der Waals surface area contributed by atoms with Gasteiger partial charge in [0.2, 0.25) is 11.8 Å². The van der Waals surface area contributed by atoms with E-state index in [0.717, 1.165) is 0 Å². The summed E-state index contributed by atoms with van der Waals surface area (Å²) < 4.78 is 0. The predicted molar refractivity (Wildman–Crippen MR) is 71.4 cm³/mol. The molecule has 0 aliphatic heterocycles. The van der Waals surface area contributed by atoms with Crippen molar-refractivity contribution in [3.8, 4) is 0 Å². The zero-order valence-electron chi connectivity index (χ0n) is 9.65. The third-order valence-corrected chi connectivity index (χ3v) is 2.60. The van der Waals surface area contributed by atoms with E-state index in [1.165, 1.54) is 18.2 Å². The maximum atomic E-state index is 11.7. The molecule has 5 nitrogen and oxygen atoms in total. The summed E-state index contributed by atoms with van der Waals surface area (Å²) in [5.41, 5.74) is 11.3. The smallest absolute Gasteiger partial charge is 0.248 e. The summed E-state index contributed by atoms with van der Waals surface area (Å²) in [7, 11) is 0. The van der Waals surface area contributed by atoms with Crippen LogP contribution in [0.4, 0.5) is 5.69 Å². The van der Waals surface area contributed by atoms with Gasteiger partial charge in [0, 0.05) is 5.56 Å². The minimum atomic E-state index is -0.712. The molecule has 0 aliphatic carbocycles. The van der Waals surface area contributed by atoms with Gasteiger partial charge in [-0.2, -0.15) is 0 Å². The van der Waals surface area contributed by atoms with Crippen molar-refractivity contribution in [2.24, 2.45) is 11.5 Å². The fourth-order valence-corrected chi connectivity index (χ4v) is 1.45. The number of hydrogen-bond acceptors (Lipinski definition) is 3. The summed E-state index contributed by atoms with van der Waals surface area (Å²) in [6.07, 6.45) is 1.89. The molecular weight excluding hydrogens is 254 g/mol. The van der Waals surface area contributed by atoms with Crippen LogP contribution in [-0.4, -0.2) is 17.9 Å². The monoisotopic (exact) mass is 267 g/mol. The summed E-state index contributed by atoms with van der Waals surface area (Å²) >= 11 is 5.90. The molecule has 0 radical (unpaired) electrons. The Morgan fingerprint density at radius 3 is 2.72 bits per heavy atom. The van der Waals surface area contributed by atoms with Crippen molar-refractivity contribution in [1.29, 1.82) is 0 Å². The number of carbonyl (C=O) groups excluding carboxylic acids is 2. The van der Waals surface area contributed by atoms with Crippen LogP contribution in [0.25, 0.3) is 0 Å². The number of nitrogens with two attached hydrogens (primary N) is 2. The highest BCUT2D eigenvalue weighted by atomic mass is 35.5. The van der Waals surface area contributed by atoms with Gasteiger partial charge >= 0.3 is 0 Å². The molecule has 0 spiro atoms. The van der Waals surface area contributed by atoms with Crippen LogP contribution in [0.5, 0.6) is 0 Å². The number of primary amides is 1. The molecule has 5 N–H and O–H groups in total. The van der Waals surface area contributed by atoms with Crippen molar-refractivity contribution in [3.63, 3.8) is 0 Å². The van der Waals surface area contributed by atoms with E-state index in [2.05, 4.69) is 11.9 Å². The Bertz CT molecular complexity index is 488. The van der Waals surface area contributed by atoms with Crippen molar-refractivity contribution in [2.75, 3.05) is 5.32 Å². The quantitative estimate of drug-likeness (QED) is 0.701. The molecule has 18 heavy (non-hydrogen) atoms. The van der Waals surface area contributed by atoms with E-state index in [1.807, 2.05) is 0 Å². The van der Waals surface area contributed by atoms with E-state index in [0.29, 0.717) is 17.1 Å². The second kappa shape index (κ2) is 6.18.